The Bertz CT molecular complexity index is 344. The van der Waals surface area contributed by atoms with E-state index in [9.17, 15) is 5.11 Å². The molecule has 1 aromatic carbocycles. The van der Waals surface area contributed by atoms with Gasteiger partial charge in [-0.3, -0.25) is 0 Å². The molecule has 0 saturated heterocycles. The van der Waals surface area contributed by atoms with E-state index in [0.717, 1.165) is 12.2 Å². The van der Waals surface area contributed by atoms with Crippen LogP contribution in [-0.4, -0.2) is 18.3 Å². The van der Waals surface area contributed by atoms with Crippen LogP contribution in [0.5, 0.6) is 5.75 Å². The van der Waals surface area contributed by atoms with Gasteiger partial charge >= 0.3 is 0 Å². The topological polar surface area (TPSA) is 41.5 Å². The van der Waals surface area contributed by atoms with Gasteiger partial charge < -0.3 is 15.2 Å². The lowest BCUT2D eigenvalue weighted by molar-refractivity contribution is 0.318. The van der Waals surface area contributed by atoms with Gasteiger partial charge in [-0.15, -0.1) is 0 Å². The van der Waals surface area contributed by atoms with Gasteiger partial charge in [0.05, 0.1) is 0 Å². The molecule has 1 aromatic rings. The monoisotopic (exact) mass is 235 g/mol. The Balaban J connectivity index is 2.16. The van der Waals surface area contributed by atoms with E-state index in [1.54, 1.807) is 6.20 Å². The molecule has 0 saturated carbocycles. The minimum Gasteiger partial charge on any atom is -0.511 e. The molecule has 17 heavy (non-hydrogen) atoms. The minimum atomic E-state index is 0.392. The van der Waals surface area contributed by atoms with Gasteiger partial charge in [-0.1, -0.05) is 24.6 Å². The van der Waals surface area contributed by atoms with Gasteiger partial charge in [-0.05, 0) is 25.5 Å². The number of hydrogen-bond acceptors (Lipinski definition) is 3. The average molecular weight is 235 g/mol. The van der Waals surface area contributed by atoms with Gasteiger partial charge in [0, 0.05) is 19.2 Å². The summed E-state index contributed by atoms with van der Waals surface area (Å²) >= 11 is 0. The summed E-state index contributed by atoms with van der Waals surface area (Å²) in [6.07, 6.45) is 3.30. The van der Waals surface area contributed by atoms with Gasteiger partial charge in [-0.2, -0.15) is 0 Å². The quantitative estimate of drug-likeness (QED) is 0.563. The molecular formula is C14H21NO2. The lowest BCUT2D eigenvalue weighted by atomic mass is 10.2. The number of aryl methyl sites for hydroxylation is 1. The third-order valence-corrected chi connectivity index (χ3v) is 2.31. The van der Waals surface area contributed by atoms with Crippen molar-refractivity contribution in [1.29, 1.82) is 0 Å². The van der Waals surface area contributed by atoms with Crippen LogP contribution in [0.1, 0.15) is 25.3 Å². The molecule has 0 atom stereocenters. The Hall–Kier alpha value is -1.64. The normalized spacial score (nSPS) is 11.3. The first-order valence-electron chi connectivity index (χ1n) is 6.03. The van der Waals surface area contributed by atoms with Crippen LogP contribution in [-0.2, 0) is 0 Å². The number of aliphatic hydroxyl groups is 1. The third-order valence-electron chi connectivity index (χ3n) is 2.31. The molecule has 0 aliphatic heterocycles. The van der Waals surface area contributed by atoms with E-state index in [4.69, 9.17) is 4.74 Å². The zero-order valence-corrected chi connectivity index (χ0v) is 10.6. The molecule has 3 heteroatoms. The molecule has 2 N–H and O–H groups in total. The molecule has 1 rings (SSSR count). The van der Waals surface area contributed by atoms with E-state index < -0.39 is 0 Å². The summed E-state index contributed by atoms with van der Waals surface area (Å²) in [5.74, 6) is 1.27. The van der Waals surface area contributed by atoms with Crippen molar-refractivity contribution in [3.05, 3.63) is 41.8 Å². The number of nitrogens with one attached hydrogen (secondary N) is 1. The maximum absolute atomic E-state index is 9.35. The zero-order chi connectivity index (χ0) is 12.5. The van der Waals surface area contributed by atoms with E-state index in [-0.39, 0.29) is 0 Å². The lowest BCUT2D eigenvalue weighted by Gasteiger charge is -2.06. The molecule has 0 unspecified atom stereocenters. The standard InChI is InChI=1S/C14H21NO2/c1-3-4-13(16)11-15-9-10-17-14-7-5-12(2)6-8-14/h5-8,11,15-16H,3-4,9-10H2,1-2H3/b13-11+. The van der Waals surface area contributed by atoms with Crippen molar-refractivity contribution in [2.24, 2.45) is 0 Å². The molecule has 0 radical (unpaired) electrons. The summed E-state index contributed by atoms with van der Waals surface area (Å²) in [5, 5.41) is 12.4. The van der Waals surface area contributed by atoms with Crippen LogP contribution < -0.4 is 10.1 Å². The molecule has 0 aliphatic carbocycles. The maximum atomic E-state index is 9.35. The second-order valence-electron chi connectivity index (χ2n) is 4.00. The molecule has 0 aliphatic rings. The first-order valence-corrected chi connectivity index (χ1v) is 6.03. The SMILES string of the molecule is CCC/C(O)=C\NCCOc1ccc(C)cc1. The van der Waals surface area contributed by atoms with Crippen LogP contribution in [0.2, 0.25) is 0 Å². The molecule has 0 heterocycles. The van der Waals surface area contributed by atoms with Crippen LogP contribution in [0.4, 0.5) is 0 Å². The summed E-state index contributed by atoms with van der Waals surface area (Å²) in [6, 6.07) is 7.96. The Morgan fingerprint density at radius 1 is 1.35 bits per heavy atom. The van der Waals surface area contributed by atoms with Crippen molar-refractivity contribution in [1.82, 2.24) is 5.32 Å². The number of ether oxygens (including phenoxy) is 1. The molecule has 0 amide bonds. The Morgan fingerprint density at radius 3 is 2.71 bits per heavy atom. The van der Waals surface area contributed by atoms with E-state index in [1.807, 2.05) is 38.1 Å². The van der Waals surface area contributed by atoms with Crippen molar-refractivity contribution < 1.29 is 9.84 Å². The van der Waals surface area contributed by atoms with Crippen LogP contribution in [0.3, 0.4) is 0 Å². The predicted molar refractivity (Wildman–Crippen MR) is 70.3 cm³/mol. The molecule has 3 nitrogen and oxygen atoms in total. The highest BCUT2D eigenvalue weighted by molar-refractivity contribution is 5.26. The van der Waals surface area contributed by atoms with Crippen LogP contribution in [0.25, 0.3) is 0 Å². The highest BCUT2D eigenvalue weighted by Crippen LogP contribution is 2.10. The third kappa shape index (κ3) is 5.85. The van der Waals surface area contributed by atoms with E-state index in [1.165, 1.54) is 5.56 Å². The highest BCUT2D eigenvalue weighted by Gasteiger charge is 1.93. The smallest absolute Gasteiger partial charge is 0.119 e. The largest absolute Gasteiger partial charge is 0.511 e. The Kier molecular flexibility index (Phi) is 6.00. The summed E-state index contributed by atoms with van der Waals surface area (Å²) in [6.45, 7) is 5.35. The fourth-order valence-electron chi connectivity index (χ4n) is 1.38. The van der Waals surface area contributed by atoms with Crippen LogP contribution in [0, 0.1) is 6.92 Å². The molecule has 94 valence electrons. The first kappa shape index (κ1) is 13.4. The first-order chi connectivity index (χ1) is 8.22. The lowest BCUT2D eigenvalue weighted by Crippen LogP contribution is -2.16. The Labute approximate surface area is 103 Å². The van der Waals surface area contributed by atoms with Gasteiger partial charge in [0.15, 0.2) is 0 Å². The molecule has 0 spiro atoms. The maximum Gasteiger partial charge on any atom is 0.119 e. The summed E-state index contributed by atoms with van der Waals surface area (Å²) in [7, 11) is 0. The van der Waals surface area contributed by atoms with Crippen LogP contribution in [0.15, 0.2) is 36.2 Å². The van der Waals surface area contributed by atoms with E-state index >= 15 is 0 Å². The van der Waals surface area contributed by atoms with Crippen molar-refractivity contribution in [3.8, 4) is 5.75 Å². The van der Waals surface area contributed by atoms with Crippen LogP contribution >= 0.6 is 0 Å². The fraction of sp³-hybridized carbons (Fsp3) is 0.429. The van der Waals surface area contributed by atoms with Gasteiger partial charge in [0.25, 0.3) is 0 Å². The highest BCUT2D eigenvalue weighted by atomic mass is 16.5. The van der Waals surface area contributed by atoms with Gasteiger partial charge in [-0.25, -0.2) is 0 Å². The second-order valence-corrected chi connectivity index (χ2v) is 4.00. The number of hydrogen-bond donors (Lipinski definition) is 2. The predicted octanol–water partition coefficient (Wildman–Crippen LogP) is 3.16. The molecule has 0 bridgehead atoms. The molecule has 0 aromatic heterocycles. The number of aliphatic hydroxyl groups excluding tert-OH is 1. The van der Waals surface area contributed by atoms with Crippen molar-refractivity contribution in [3.63, 3.8) is 0 Å². The molecular weight excluding hydrogens is 214 g/mol. The van der Waals surface area contributed by atoms with E-state index in [2.05, 4.69) is 5.32 Å². The van der Waals surface area contributed by atoms with Crippen molar-refractivity contribution in [2.45, 2.75) is 26.7 Å². The van der Waals surface area contributed by atoms with Gasteiger partial charge in [0.2, 0.25) is 0 Å². The number of allylic oxidation sites excluding steroid dienone is 1. The van der Waals surface area contributed by atoms with Gasteiger partial charge in [0.1, 0.15) is 18.1 Å². The summed E-state index contributed by atoms with van der Waals surface area (Å²) < 4.78 is 5.53. The number of benzene rings is 1. The summed E-state index contributed by atoms with van der Waals surface area (Å²) in [4.78, 5) is 0. The summed E-state index contributed by atoms with van der Waals surface area (Å²) in [5.41, 5.74) is 1.22. The second kappa shape index (κ2) is 7.60. The minimum absolute atomic E-state index is 0.392. The van der Waals surface area contributed by atoms with Crippen molar-refractivity contribution in [2.75, 3.05) is 13.2 Å². The fourth-order valence-corrected chi connectivity index (χ4v) is 1.38. The zero-order valence-electron chi connectivity index (χ0n) is 10.6. The number of rotatable bonds is 7. The Morgan fingerprint density at radius 2 is 2.06 bits per heavy atom. The average Bonchev–Trinajstić information content (AvgIpc) is 2.31. The van der Waals surface area contributed by atoms with E-state index in [0.29, 0.717) is 25.3 Å². The van der Waals surface area contributed by atoms with Crippen molar-refractivity contribution >= 4 is 0 Å². The molecule has 0 fully saturated rings.